The molecule has 0 saturated heterocycles. The molecule has 0 aliphatic carbocycles. The Morgan fingerprint density at radius 1 is 1.14 bits per heavy atom. The maximum absolute atomic E-state index is 11.1. The van der Waals surface area contributed by atoms with E-state index in [0.29, 0.717) is 11.5 Å². The highest BCUT2D eigenvalue weighted by Gasteiger charge is 2.11. The molecular weight excluding hydrogens is 268 g/mol. The molecule has 6 nitrogen and oxygen atoms in total. The van der Waals surface area contributed by atoms with E-state index in [-0.39, 0.29) is 5.56 Å². The highest BCUT2D eigenvalue weighted by Crippen LogP contribution is 2.17. The van der Waals surface area contributed by atoms with Gasteiger partial charge in [-0.25, -0.2) is 4.79 Å². The number of rotatable bonds is 3. The monoisotopic (exact) mass is 280 g/mol. The van der Waals surface area contributed by atoms with Crippen molar-refractivity contribution in [3.05, 3.63) is 59.7 Å². The second-order valence-corrected chi connectivity index (χ2v) is 4.57. The minimum absolute atomic E-state index is 0.189. The van der Waals surface area contributed by atoms with Gasteiger partial charge < -0.3 is 5.11 Å². The Morgan fingerprint density at radius 2 is 1.90 bits per heavy atom. The number of tetrazole rings is 1. The smallest absolute Gasteiger partial charge is 0.335 e. The molecule has 0 unspecified atom stereocenters. The fourth-order valence-corrected chi connectivity index (χ4v) is 1.98. The van der Waals surface area contributed by atoms with E-state index in [9.17, 15) is 4.79 Å². The largest absolute Gasteiger partial charge is 0.478 e. The number of nitrogens with zero attached hydrogens (tertiary/aromatic N) is 4. The highest BCUT2D eigenvalue weighted by molar-refractivity contribution is 5.88. The number of carboxylic acid groups (broad SMARTS) is 1. The van der Waals surface area contributed by atoms with E-state index in [4.69, 9.17) is 5.11 Å². The normalized spacial score (nSPS) is 10.5. The third-order valence-electron chi connectivity index (χ3n) is 3.12. The number of carbonyl (C=O) groups is 1. The van der Waals surface area contributed by atoms with E-state index in [2.05, 4.69) is 15.4 Å². The van der Waals surface area contributed by atoms with Crippen molar-refractivity contribution in [3.63, 3.8) is 0 Å². The second kappa shape index (κ2) is 5.16. The van der Waals surface area contributed by atoms with Crippen LogP contribution in [0, 0.1) is 6.92 Å². The van der Waals surface area contributed by atoms with Crippen LogP contribution in [0.3, 0.4) is 0 Å². The first-order valence-electron chi connectivity index (χ1n) is 6.35. The van der Waals surface area contributed by atoms with Gasteiger partial charge in [-0.1, -0.05) is 36.4 Å². The molecule has 0 aliphatic heterocycles. The van der Waals surface area contributed by atoms with Crippen LogP contribution in [-0.2, 0) is 0 Å². The summed E-state index contributed by atoms with van der Waals surface area (Å²) in [6, 6.07) is 14.3. The van der Waals surface area contributed by atoms with Crippen molar-refractivity contribution in [2.45, 2.75) is 6.92 Å². The lowest BCUT2D eigenvalue weighted by Gasteiger charge is -2.04. The molecule has 1 N–H and O–H groups in total. The number of hydrogen-bond acceptors (Lipinski definition) is 4. The summed E-state index contributed by atoms with van der Waals surface area (Å²) in [4.78, 5) is 12.4. The fraction of sp³-hybridized carbons (Fsp3) is 0.0667. The number of aryl methyl sites for hydroxylation is 1. The van der Waals surface area contributed by atoms with E-state index in [1.807, 2.05) is 37.3 Å². The van der Waals surface area contributed by atoms with Crippen LogP contribution in [0.1, 0.15) is 15.9 Å². The number of aromatic nitrogens is 4. The fourth-order valence-electron chi connectivity index (χ4n) is 1.98. The average Bonchev–Trinajstić information content (AvgIpc) is 2.98. The van der Waals surface area contributed by atoms with Crippen molar-refractivity contribution in [2.24, 2.45) is 0 Å². The minimum Gasteiger partial charge on any atom is -0.478 e. The summed E-state index contributed by atoms with van der Waals surface area (Å²) in [7, 11) is 0. The van der Waals surface area contributed by atoms with Crippen molar-refractivity contribution in [3.8, 4) is 17.1 Å². The SMILES string of the molecule is Cc1ccc(C(=O)O)cc1-n1nnc(-c2ccccc2)n1. The lowest BCUT2D eigenvalue weighted by atomic mass is 10.1. The van der Waals surface area contributed by atoms with Gasteiger partial charge in [0.15, 0.2) is 0 Å². The van der Waals surface area contributed by atoms with E-state index in [1.165, 1.54) is 10.9 Å². The van der Waals surface area contributed by atoms with E-state index < -0.39 is 5.97 Å². The molecule has 1 heterocycles. The van der Waals surface area contributed by atoms with Crippen LogP contribution in [0.15, 0.2) is 48.5 Å². The number of hydrogen-bond donors (Lipinski definition) is 1. The summed E-state index contributed by atoms with van der Waals surface area (Å²) in [5.41, 5.74) is 2.52. The van der Waals surface area contributed by atoms with E-state index >= 15 is 0 Å². The standard InChI is InChI=1S/C15H12N4O2/c1-10-7-8-12(15(20)21)9-13(10)19-17-14(16-18-19)11-5-3-2-4-6-11/h2-9H,1H3,(H,20,21). The predicted molar refractivity (Wildman–Crippen MR) is 76.3 cm³/mol. The topological polar surface area (TPSA) is 80.9 Å². The molecule has 0 spiro atoms. The van der Waals surface area contributed by atoms with Crippen LogP contribution in [0.25, 0.3) is 17.1 Å². The molecule has 6 heteroatoms. The van der Waals surface area contributed by atoms with Crippen LogP contribution >= 0.6 is 0 Å². The second-order valence-electron chi connectivity index (χ2n) is 4.57. The van der Waals surface area contributed by atoms with E-state index in [1.54, 1.807) is 12.1 Å². The summed E-state index contributed by atoms with van der Waals surface area (Å²) >= 11 is 0. The van der Waals surface area contributed by atoms with Crippen LogP contribution in [0.5, 0.6) is 0 Å². The highest BCUT2D eigenvalue weighted by atomic mass is 16.4. The van der Waals surface area contributed by atoms with Crippen molar-refractivity contribution in [1.82, 2.24) is 20.2 Å². The van der Waals surface area contributed by atoms with Gasteiger partial charge in [-0.05, 0) is 29.8 Å². The van der Waals surface area contributed by atoms with Crippen LogP contribution in [0.4, 0.5) is 0 Å². The third-order valence-corrected chi connectivity index (χ3v) is 3.12. The Morgan fingerprint density at radius 3 is 2.62 bits per heavy atom. The zero-order valence-corrected chi connectivity index (χ0v) is 11.3. The van der Waals surface area contributed by atoms with Crippen LogP contribution in [0.2, 0.25) is 0 Å². The molecule has 0 bridgehead atoms. The Labute approximate surface area is 120 Å². The quantitative estimate of drug-likeness (QED) is 0.796. The van der Waals surface area contributed by atoms with Crippen molar-refractivity contribution in [2.75, 3.05) is 0 Å². The number of carboxylic acids is 1. The molecule has 3 aromatic rings. The van der Waals surface area contributed by atoms with Gasteiger partial charge in [0, 0.05) is 5.56 Å². The first-order valence-corrected chi connectivity index (χ1v) is 6.35. The summed E-state index contributed by atoms with van der Waals surface area (Å²) < 4.78 is 0. The first-order chi connectivity index (χ1) is 10.1. The Balaban J connectivity index is 2.04. The molecule has 3 rings (SSSR count). The Kier molecular flexibility index (Phi) is 3.19. The van der Waals surface area contributed by atoms with Crippen molar-refractivity contribution < 1.29 is 9.90 Å². The Bertz CT molecular complexity index is 796. The third kappa shape index (κ3) is 2.51. The molecule has 0 radical (unpaired) electrons. The summed E-state index contributed by atoms with van der Waals surface area (Å²) in [5, 5.41) is 21.4. The summed E-state index contributed by atoms with van der Waals surface area (Å²) in [6.45, 7) is 1.87. The van der Waals surface area contributed by atoms with Gasteiger partial charge in [-0.15, -0.1) is 15.0 Å². The maximum atomic E-state index is 11.1. The molecule has 2 aromatic carbocycles. The van der Waals surface area contributed by atoms with Crippen LogP contribution < -0.4 is 0 Å². The van der Waals surface area contributed by atoms with Crippen LogP contribution in [-0.4, -0.2) is 31.3 Å². The Hall–Kier alpha value is -3.02. The molecule has 0 fully saturated rings. The van der Waals surface area contributed by atoms with Gasteiger partial charge in [0.05, 0.1) is 11.3 Å². The minimum atomic E-state index is -0.986. The van der Waals surface area contributed by atoms with Gasteiger partial charge in [-0.3, -0.25) is 0 Å². The maximum Gasteiger partial charge on any atom is 0.335 e. The average molecular weight is 280 g/mol. The van der Waals surface area contributed by atoms with Gasteiger partial charge in [-0.2, -0.15) is 0 Å². The lowest BCUT2D eigenvalue weighted by molar-refractivity contribution is 0.0697. The van der Waals surface area contributed by atoms with Gasteiger partial charge in [0.1, 0.15) is 0 Å². The summed E-state index contributed by atoms with van der Waals surface area (Å²) in [6.07, 6.45) is 0. The summed E-state index contributed by atoms with van der Waals surface area (Å²) in [5.74, 6) is -0.490. The van der Waals surface area contributed by atoms with E-state index in [0.717, 1.165) is 11.1 Å². The zero-order valence-electron chi connectivity index (χ0n) is 11.3. The molecule has 0 aliphatic rings. The molecule has 0 atom stereocenters. The molecule has 104 valence electrons. The molecule has 0 saturated carbocycles. The van der Waals surface area contributed by atoms with Gasteiger partial charge in [0.2, 0.25) is 5.82 Å². The number of aromatic carboxylic acids is 1. The van der Waals surface area contributed by atoms with Gasteiger partial charge in [0.25, 0.3) is 0 Å². The molecular formula is C15H12N4O2. The molecule has 0 amide bonds. The molecule has 1 aromatic heterocycles. The lowest BCUT2D eigenvalue weighted by Crippen LogP contribution is -2.05. The van der Waals surface area contributed by atoms with Gasteiger partial charge >= 0.3 is 5.97 Å². The first kappa shape index (κ1) is 13.0. The van der Waals surface area contributed by atoms with Crippen molar-refractivity contribution in [1.29, 1.82) is 0 Å². The van der Waals surface area contributed by atoms with Crippen molar-refractivity contribution >= 4 is 5.97 Å². The molecule has 21 heavy (non-hydrogen) atoms. The number of benzene rings is 2. The predicted octanol–water partition coefficient (Wildman–Crippen LogP) is 2.34. The zero-order chi connectivity index (χ0) is 14.8.